The Labute approximate surface area is 187 Å². The summed E-state index contributed by atoms with van der Waals surface area (Å²) in [5.74, 6) is -0.127. The molecular weight excluding hydrogens is 445 g/mol. The van der Waals surface area contributed by atoms with Crippen molar-refractivity contribution >= 4 is 46.8 Å². The van der Waals surface area contributed by atoms with Gasteiger partial charge in [0.2, 0.25) is 0 Å². The Morgan fingerprint density at radius 3 is 2.45 bits per heavy atom. The number of non-ortho nitro benzene ring substituents is 1. The predicted molar refractivity (Wildman–Crippen MR) is 119 cm³/mol. The fraction of sp³-hybridized carbons (Fsp3) is 0.0476. The molecule has 0 heterocycles. The van der Waals surface area contributed by atoms with Gasteiger partial charge in [-0.15, -0.1) is 0 Å². The Kier molecular flexibility index (Phi) is 7.07. The Bertz CT molecular complexity index is 1150. The molecule has 0 saturated heterocycles. The van der Waals surface area contributed by atoms with E-state index in [9.17, 15) is 14.9 Å². The Morgan fingerprint density at radius 2 is 1.81 bits per heavy atom. The average molecular weight is 460 g/mol. The number of hydrogen-bond acceptors (Lipinski definition) is 7. The number of methoxy groups -OCH3 is 1. The van der Waals surface area contributed by atoms with Gasteiger partial charge >= 0.3 is 5.97 Å². The SMILES string of the molecule is COc1cc(C=NNc2ccc([N+](=O)[O-])cc2)ccc1OC(=O)c1ccc(Cl)cc1Cl. The monoisotopic (exact) mass is 459 g/mol. The molecule has 0 aliphatic carbocycles. The number of nitrogens with zero attached hydrogens (tertiary/aromatic N) is 2. The fourth-order valence-corrected chi connectivity index (χ4v) is 2.98. The third-order valence-corrected chi connectivity index (χ3v) is 4.57. The van der Waals surface area contributed by atoms with Crippen LogP contribution in [0.4, 0.5) is 11.4 Å². The van der Waals surface area contributed by atoms with E-state index >= 15 is 0 Å². The lowest BCUT2D eigenvalue weighted by atomic mass is 10.2. The first-order valence-electron chi connectivity index (χ1n) is 8.76. The van der Waals surface area contributed by atoms with E-state index in [1.807, 2.05) is 0 Å². The summed E-state index contributed by atoms with van der Waals surface area (Å²) in [6, 6.07) is 15.2. The molecule has 158 valence electrons. The molecule has 3 aromatic rings. The summed E-state index contributed by atoms with van der Waals surface area (Å²) in [6.45, 7) is 0. The molecule has 0 saturated carbocycles. The van der Waals surface area contributed by atoms with Gasteiger partial charge in [0, 0.05) is 17.2 Å². The van der Waals surface area contributed by atoms with Crippen molar-refractivity contribution < 1.29 is 19.2 Å². The number of nitrogens with one attached hydrogen (secondary N) is 1. The number of halogens is 2. The molecular formula is C21H15Cl2N3O5. The zero-order valence-corrected chi connectivity index (χ0v) is 17.6. The summed E-state index contributed by atoms with van der Waals surface area (Å²) in [7, 11) is 1.44. The van der Waals surface area contributed by atoms with E-state index in [1.165, 1.54) is 37.6 Å². The number of carbonyl (C=O) groups excluding carboxylic acids is 1. The first-order valence-corrected chi connectivity index (χ1v) is 9.52. The summed E-state index contributed by atoms with van der Waals surface area (Å²) in [5.41, 5.74) is 4.18. The number of hydrogen-bond donors (Lipinski definition) is 1. The maximum absolute atomic E-state index is 12.4. The summed E-state index contributed by atoms with van der Waals surface area (Å²) in [5, 5.41) is 15.3. The second kappa shape index (κ2) is 9.92. The van der Waals surface area contributed by atoms with Crippen LogP contribution in [0.1, 0.15) is 15.9 Å². The van der Waals surface area contributed by atoms with Crippen LogP contribution < -0.4 is 14.9 Å². The number of anilines is 1. The first kappa shape index (κ1) is 22.1. The molecule has 1 N–H and O–H groups in total. The molecule has 10 heteroatoms. The summed E-state index contributed by atoms with van der Waals surface area (Å²) in [4.78, 5) is 22.6. The molecule has 3 rings (SSSR count). The van der Waals surface area contributed by atoms with Crippen LogP contribution in [0.15, 0.2) is 65.8 Å². The zero-order valence-electron chi connectivity index (χ0n) is 16.0. The molecule has 0 atom stereocenters. The molecule has 0 spiro atoms. The van der Waals surface area contributed by atoms with E-state index in [1.54, 1.807) is 36.4 Å². The molecule has 0 amide bonds. The highest BCUT2D eigenvalue weighted by molar-refractivity contribution is 6.36. The zero-order chi connectivity index (χ0) is 22.4. The van der Waals surface area contributed by atoms with Gasteiger partial charge in [-0.05, 0) is 54.1 Å². The van der Waals surface area contributed by atoms with Crippen molar-refractivity contribution in [2.45, 2.75) is 0 Å². The largest absolute Gasteiger partial charge is 0.493 e. The topological polar surface area (TPSA) is 103 Å². The molecule has 0 aliphatic heterocycles. The molecule has 0 fully saturated rings. The van der Waals surface area contributed by atoms with E-state index in [0.717, 1.165) is 0 Å². The van der Waals surface area contributed by atoms with Crippen LogP contribution in [0.25, 0.3) is 0 Å². The van der Waals surface area contributed by atoms with Crippen molar-refractivity contribution in [2.24, 2.45) is 5.10 Å². The number of rotatable bonds is 7. The van der Waals surface area contributed by atoms with Crippen molar-refractivity contribution in [3.8, 4) is 11.5 Å². The number of nitro groups is 1. The first-order chi connectivity index (χ1) is 14.9. The van der Waals surface area contributed by atoms with Gasteiger partial charge in [-0.25, -0.2) is 4.79 Å². The quantitative estimate of drug-likeness (QED) is 0.162. The number of hydrazone groups is 1. The van der Waals surface area contributed by atoms with Crippen molar-refractivity contribution in [2.75, 3.05) is 12.5 Å². The molecule has 0 radical (unpaired) electrons. The molecule has 0 unspecified atom stereocenters. The lowest BCUT2D eigenvalue weighted by Gasteiger charge is -2.10. The van der Waals surface area contributed by atoms with Gasteiger partial charge < -0.3 is 9.47 Å². The lowest BCUT2D eigenvalue weighted by Crippen LogP contribution is -2.10. The van der Waals surface area contributed by atoms with Gasteiger partial charge in [0.15, 0.2) is 11.5 Å². The highest BCUT2D eigenvalue weighted by atomic mass is 35.5. The number of nitro benzene ring substituents is 1. The maximum atomic E-state index is 12.4. The van der Waals surface area contributed by atoms with E-state index in [2.05, 4.69) is 10.5 Å². The van der Waals surface area contributed by atoms with Gasteiger partial charge in [-0.3, -0.25) is 15.5 Å². The minimum absolute atomic E-state index is 0.00992. The standard InChI is InChI=1S/C21H15Cl2N3O5/c1-30-20-10-13(12-24-25-15-4-6-16(7-5-15)26(28)29)2-9-19(20)31-21(27)17-8-3-14(22)11-18(17)23/h2-12,25H,1H3. The number of benzene rings is 3. The van der Waals surface area contributed by atoms with E-state index in [-0.39, 0.29) is 22.0 Å². The van der Waals surface area contributed by atoms with Gasteiger partial charge in [0.05, 0.1) is 34.5 Å². The Morgan fingerprint density at radius 1 is 1.06 bits per heavy atom. The van der Waals surface area contributed by atoms with Crippen LogP contribution in [0, 0.1) is 10.1 Å². The average Bonchev–Trinajstić information content (AvgIpc) is 2.75. The van der Waals surface area contributed by atoms with Crippen LogP contribution in [0.2, 0.25) is 10.0 Å². The lowest BCUT2D eigenvalue weighted by molar-refractivity contribution is -0.384. The van der Waals surface area contributed by atoms with Crippen molar-refractivity contribution in [3.05, 3.63) is 92.0 Å². The minimum Gasteiger partial charge on any atom is -0.493 e. The van der Waals surface area contributed by atoms with E-state index in [0.29, 0.717) is 22.0 Å². The molecule has 3 aromatic carbocycles. The number of carbonyl (C=O) groups is 1. The highest BCUT2D eigenvalue weighted by Gasteiger charge is 2.16. The summed E-state index contributed by atoms with van der Waals surface area (Å²) < 4.78 is 10.7. The van der Waals surface area contributed by atoms with Crippen molar-refractivity contribution in [1.82, 2.24) is 0 Å². The summed E-state index contributed by atoms with van der Waals surface area (Å²) >= 11 is 11.9. The Balaban J connectivity index is 1.69. The maximum Gasteiger partial charge on any atom is 0.345 e. The normalized spacial score (nSPS) is 10.7. The summed E-state index contributed by atoms with van der Waals surface area (Å²) in [6.07, 6.45) is 1.52. The predicted octanol–water partition coefficient (Wildman–Crippen LogP) is 5.58. The number of esters is 1. The van der Waals surface area contributed by atoms with Crippen molar-refractivity contribution in [1.29, 1.82) is 0 Å². The smallest absolute Gasteiger partial charge is 0.345 e. The third kappa shape index (κ3) is 5.71. The van der Waals surface area contributed by atoms with E-state index in [4.69, 9.17) is 32.7 Å². The second-order valence-corrected chi connectivity index (χ2v) is 6.94. The van der Waals surface area contributed by atoms with Gasteiger partial charge in [-0.1, -0.05) is 23.2 Å². The van der Waals surface area contributed by atoms with Crippen LogP contribution in [0.3, 0.4) is 0 Å². The Hall–Kier alpha value is -3.62. The number of ether oxygens (including phenoxy) is 2. The van der Waals surface area contributed by atoms with Gasteiger partial charge in [0.25, 0.3) is 5.69 Å². The van der Waals surface area contributed by atoms with Gasteiger partial charge in [-0.2, -0.15) is 5.10 Å². The third-order valence-electron chi connectivity index (χ3n) is 4.03. The molecule has 31 heavy (non-hydrogen) atoms. The van der Waals surface area contributed by atoms with Crippen LogP contribution in [0.5, 0.6) is 11.5 Å². The van der Waals surface area contributed by atoms with Gasteiger partial charge in [0.1, 0.15) is 0 Å². The minimum atomic E-state index is -0.652. The fourth-order valence-electron chi connectivity index (χ4n) is 2.50. The molecule has 0 aliphatic rings. The van der Waals surface area contributed by atoms with Crippen LogP contribution in [-0.4, -0.2) is 24.2 Å². The van der Waals surface area contributed by atoms with Crippen molar-refractivity contribution in [3.63, 3.8) is 0 Å². The van der Waals surface area contributed by atoms with Crippen LogP contribution in [-0.2, 0) is 0 Å². The van der Waals surface area contributed by atoms with E-state index < -0.39 is 10.9 Å². The second-order valence-electron chi connectivity index (χ2n) is 6.10. The molecule has 8 nitrogen and oxygen atoms in total. The molecule has 0 bridgehead atoms. The molecule has 0 aromatic heterocycles. The highest BCUT2D eigenvalue weighted by Crippen LogP contribution is 2.30. The van der Waals surface area contributed by atoms with Crippen LogP contribution >= 0.6 is 23.2 Å².